The van der Waals surface area contributed by atoms with Gasteiger partial charge in [-0.1, -0.05) is 0 Å². The summed E-state index contributed by atoms with van der Waals surface area (Å²) < 4.78 is 1.71. The lowest BCUT2D eigenvalue weighted by Gasteiger charge is -1.96. The first kappa shape index (κ1) is 9.21. The second-order valence-corrected chi connectivity index (χ2v) is 3.30. The quantitative estimate of drug-likeness (QED) is 0.708. The summed E-state index contributed by atoms with van der Waals surface area (Å²) in [5.74, 6) is 1.38. The van der Waals surface area contributed by atoms with Crippen LogP contribution in [0.25, 0.3) is 11.2 Å². The Balaban J connectivity index is 2.90. The molecule has 0 saturated heterocycles. The van der Waals surface area contributed by atoms with Gasteiger partial charge in [0.2, 0.25) is 0 Å². The number of rotatable bonds is 1. The van der Waals surface area contributed by atoms with E-state index in [9.17, 15) is 4.79 Å². The monoisotopic (exact) mass is 212 g/mol. The second-order valence-electron chi connectivity index (χ2n) is 3.04. The highest BCUT2D eigenvalue weighted by atomic mass is 35.5. The average molecular weight is 213 g/mol. The zero-order valence-electron chi connectivity index (χ0n) is 7.83. The molecule has 0 spiro atoms. The molecule has 1 N–H and O–H groups in total. The number of alkyl halides is 1. The summed E-state index contributed by atoms with van der Waals surface area (Å²) in [5, 5.41) is 0. The number of imidazole rings is 1. The Morgan fingerprint density at radius 1 is 1.50 bits per heavy atom. The molecule has 0 aliphatic heterocycles. The van der Waals surface area contributed by atoms with Crippen molar-refractivity contribution in [1.29, 1.82) is 0 Å². The Bertz CT molecular complexity index is 542. The van der Waals surface area contributed by atoms with E-state index in [-0.39, 0.29) is 11.4 Å². The number of aromatic amines is 1. The molecular weight excluding hydrogens is 204 g/mol. The summed E-state index contributed by atoms with van der Waals surface area (Å²) in [6, 6.07) is 0. The fraction of sp³-hybridized carbons (Fsp3) is 0.375. The van der Waals surface area contributed by atoms with Gasteiger partial charge in [-0.3, -0.25) is 4.79 Å². The highest BCUT2D eigenvalue weighted by molar-refractivity contribution is 6.16. The second kappa shape index (κ2) is 3.09. The van der Waals surface area contributed by atoms with E-state index in [0.717, 1.165) is 5.82 Å². The van der Waals surface area contributed by atoms with Gasteiger partial charge in [-0.25, -0.2) is 9.97 Å². The van der Waals surface area contributed by atoms with E-state index in [2.05, 4.69) is 15.0 Å². The van der Waals surface area contributed by atoms with Crippen LogP contribution in [0.3, 0.4) is 0 Å². The maximum atomic E-state index is 11.6. The summed E-state index contributed by atoms with van der Waals surface area (Å²) in [5.41, 5.74) is 0.731. The van der Waals surface area contributed by atoms with Crippen molar-refractivity contribution in [3.8, 4) is 0 Å². The minimum Gasteiger partial charge on any atom is -0.325 e. The fourth-order valence-corrected chi connectivity index (χ4v) is 1.46. The van der Waals surface area contributed by atoms with Gasteiger partial charge in [0.15, 0.2) is 11.2 Å². The van der Waals surface area contributed by atoms with E-state index in [0.29, 0.717) is 17.0 Å². The summed E-state index contributed by atoms with van der Waals surface area (Å²) in [6.07, 6.45) is 0. The third-order valence-corrected chi connectivity index (χ3v) is 2.39. The molecule has 0 amide bonds. The minimum atomic E-state index is -0.200. The molecule has 14 heavy (non-hydrogen) atoms. The summed E-state index contributed by atoms with van der Waals surface area (Å²) in [6.45, 7) is 1.82. The number of H-pyrrole nitrogens is 1. The van der Waals surface area contributed by atoms with Gasteiger partial charge in [-0.2, -0.15) is 0 Å². The molecule has 74 valence electrons. The predicted molar refractivity (Wildman–Crippen MR) is 53.4 cm³/mol. The zero-order valence-corrected chi connectivity index (χ0v) is 8.59. The molecule has 0 bridgehead atoms. The number of hydrogen-bond acceptors (Lipinski definition) is 3. The molecule has 0 radical (unpaired) electrons. The molecule has 2 aromatic heterocycles. The third kappa shape index (κ3) is 1.21. The molecule has 5 nitrogen and oxygen atoms in total. The van der Waals surface area contributed by atoms with E-state index in [4.69, 9.17) is 11.6 Å². The Morgan fingerprint density at radius 2 is 2.21 bits per heavy atom. The van der Waals surface area contributed by atoms with Crippen LogP contribution in [0, 0.1) is 6.92 Å². The fourth-order valence-electron chi connectivity index (χ4n) is 1.33. The van der Waals surface area contributed by atoms with Crippen LogP contribution in [0.5, 0.6) is 0 Å². The number of aryl methyl sites for hydroxylation is 2. The molecule has 0 atom stereocenters. The van der Waals surface area contributed by atoms with E-state index in [1.807, 2.05) is 6.92 Å². The highest BCUT2D eigenvalue weighted by Crippen LogP contribution is 2.07. The summed E-state index contributed by atoms with van der Waals surface area (Å²) >= 11 is 5.58. The Kier molecular flexibility index (Phi) is 2.03. The molecule has 0 aromatic carbocycles. The molecule has 0 aliphatic rings. The number of nitrogens with zero attached hydrogens (tertiary/aromatic N) is 3. The molecule has 2 aromatic rings. The van der Waals surface area contributed by atoms with Crippen molar-refractivity contribution in [2.45, 2.75) is 12.8 Å². The van der Waals surface area contributed by atoms with Crippen LogP contribution in [0.15, 0.2) is 4.79 Å². The molecule has 0 fully saturated rings. The molecule has 0 aliphatic carbocycles. The van der Waals surface area contributed by atoms with Crippen LogP contribution in [0.2, 0.25) is 0 Å². The van der Waals surface area contributed by atoms with E-state index < -0.39 is 0 Å². The number of fused-ring (bicyclic) bond motifs is 1. The number of nitrogens with one attached hydrogen (secondary N) is 1. The van der Waals surface area contributed by atoms with Crippen molar-refractivity contribution in [3.05, 3.63) is 22.0 Å². The van der Waals surface area contributed by atoms with Crippen LogP contribution < -0.4 is 5.56 Å². The summed E-state index contributed by atoms with van der Waals surface area (Å²) in [4.78, 5) is 22.4. The van der Waals surface area contributed by atoms with E-state index in [1.54, 1.807) is 11.6 Å². The molecule has 2 rings (SSSR count). The van der Waals surface area contributed by atoms with Crippen molar-refractivity contribution in [2.24, 2.45) is 7.05 Å². The molecule has 0 saturated carbocycles. The maximum Gasteiger partial charge on any atom is 0.277 e. The lowest BCUT2D eigenvalue weighted by Crippen LogP contribution is -2.13. The average Bonchev–Trinajstić information content (AvgIpc) is 2.43. The lowest BCUT2D eigenvalue weighted by molar-refractivity contribution is 0.879. The standard InChI is InChI=1S/C8H9ClN4O/c1-4-10-7-6(13(4)2)8(14)12-5(3-9)11-7/h3H2,1-2H3,(H,11,12,14). The van der Waals surface area contributed by atoms with E-state index in [1.165, 1.54) is 0 Å². The molecule has 0 unspecified atom stereocenters. The Morgan fingerprint density at radius 3 is 2.86 bits per heavy atom. The van der Waals surface area contributed by atoms with Gasteiger partial charge >= 0.3 is 0 Å². The smallest absolute Gasteiger partial charge is 0.277 e. The maximum absolute atomic E-state index is 11.6. The predicted octanol–water partition coefficient (Wildman–Crippen LogP) is 0.704. The van der Waals surface area contributed by atoms with Gasteiger partial charge in [0, 0.05) is 7.05 Å². The normalized spacial score (nSPS) is 11.1. The lowest BCUT2D eigenvalue weighted by atomic mass is 10.5. The van der Waals surface area contributed by atoms with Crippen molar-refractivity contribution in [2.75, 3.05) is 0 Å². The first-order chi connectivity index (χ1) is 6.63. The van der Waals surface area contributed by atoms with Gasteiger partial charge < -0.3 is 9.55 Å². The van der Waals surface area contributed by atoms with Gasteiger partial charge in [0.05, 0.1) is 5.88 Å². The first-order valence-corrected chi connectivity index (χ1v) is 4.65. The Hall–Kier alpha value is -1.36. The Labute approximate surface area is 84.8 Å². The van der Waals surface area contributed by atoms with Crippen molar-refractivity contribution >= 4 is 22.8 Å². The van der Waals surface area contributed by atoms with Crippen molar-refractivity contribution < 1.29 is 0 Å². The largest absolute Gasteiger partial charge is 0.325 e. The van der Waals surface area contributed by atoms with Crippen LogP contribution in [-0.4, -0.2) is 19.5 Å². The minimum absolute atomic E-state index is 0.181. The molecule has 6 heteroatoms. The number of hydrogen-bond donors (Lipinski definition) is 1. The number of aromatic nitrogens is 4. The third-order valence-electron chi connectivity index (χ3n) is 2.14. The van der Waals surface area contributed by atoms with Crippen LogP contribution in [0.1, 0.15) is 11.6 Å². The number of halogens is 1. The van der Waals surface area contributed by atoms with Gasteiger partial charge in [-0.05, 0) is 6.92 Å². The van der Waals surface area contributed by atoms with Gasteiger partial charge in [0.1, 0.15) is 11.6 Å². The summed E-state index contributed by atoms with van der Waals surface area (Å²) in [7, 11) is 1.78. The van der Waals surface area contributed by atoms with Crippen LogP contribution >= 0.6 is 11.6 Å². The van der Waals surface area contributed by atoms with E-state index >= 15 is 0 Å². The first-order valence-electron chi connectivity index (χ1n) is 4.11. The van der Waals surface area contributed by atoms with Crippen LogP contribution in [-0.2, 0) is 12.9 Å². The highest BCUT2D eigenvalue weighted by Gasteiger charge is 2.10. The van der Waals surface area contributed by atoms with Crippen LogP contribution in [0.4, 0.5) is 0 Å². The van der Waals surface area contributed by atoms with Crippen molar-refractivity contribution in [1.82, 2.24) is 19.5 Å². The van der Waals surface area contributed by atoms with Crippen molar-refractivity contribution in [3.63, 3.8) is 0 Å². The topological polar surface area (TPSA) is 63.6 Å². The van der Waals surface area contributed by atoms with Gasteiger partial charge in [0.25, 0.3) is 5.56 Å². The molecule has 2 heterocycles. The van der Waals surface area contributed by atoms with Gasteiger partial charge in [-0.15, -0.1) is 11.6 Å². The molecular formula is C8H9ClN4O. The zero-order chi connectivity index (χ0) is 10.3. The SMILES string of the molecule is Cc1nc2nc(CCl)[nH]c(=O)c2n1C.